The molecule has 0 aromatic carbocycles. The minimum atomic E-state index is -0.702. The molecule has 76 valence electrons. The molecule has 0 unspecified atom stereocenters. The molecule has 6 heteroatoms. The van der Waals surface area contributed by atoms with E-state index in [9.17, 15) is 4.79 Å². The number of nitrogens with one attached hydrogen (secondary N) is 1. The zero-order valence-corrected chi connectivity index (χ0v) is 8.10. The molecule has 6 nitrogen and oxygen atoms in total. The number of rotatable bonds is 5. The van der Waals surface area contributed by atoms with Crippen LogP contribution in [-0.2, 0) is 9.53 Å². The first kappa shape index (κ1) is 12.3. The van der Waals surface area contributed by atoms with Crippen molar-refractivity contribution in [3.05, 3.63) is 10.4 Å². The first-order valence-electron chi connectivity index (χ1n) is 3.96. The Balaban J connectivity index is 4.46. The van der Waals surface area contributed by atoms with E-state index in [4.69, 9.17) is 12.0 Å². The van der Waals surface area contributed by atoms with Crippen molar-refractivity contribution in [3.8, 4) is 12.3 Å². The lowest BCUT2D eigenvalue weighted by Gasteiger charge is -2.17. The summed E-state index contributed by atoms with van der Waals surface area (Å²) in [6.07, 6.45) is 5.02. The second-order valence-corrected chi connectivity index (χ2v) is 2.53. The molecular formula is C8H12N4O2. The Hall–Kier alpha value is -1.70. The number of nitrogens with zero attached hydrogens (tertiary/aromatic N) is 3. The number of esters is 1. The number of azide groups is 1. The fourth-order valence-electron chi connectivity index (χ4n) is 0.895. The summed E-state index contributed by atoms with van der Waals surface area (Å²) in [6, 6.07) is -1.24. The molecule has 0 bridgehead atoms. The number of ether oxygens (including phenoxy) is 1. The van der Waals surface area contributed by atoms with E-state index < -0.39 is 18.1 Å². The van der Waals surface area contributed by atoms with Crippen molar-refractivity contribution in [1.29, 1.82) is 0 Å². The van der Waals surface area contributed by atoms with Crippen molar-refractivity contribution in [2.75, 3.05) is 13.7 Å². The Labute approximate surface area is 82.3 Å². The van der Waals surface area contributed by atoms with Gasteiger partial charge in [0.2, 0.25) is 0 Å². The molecule has 0 aliphatic heterocycles. The van der Waals surface area contributed by atoms with Crippen molar-refractivity contribution in [2.45, 2.75) is 19.0 Å². The Morgan fingerprint density at radius 3 is 2.93 bits per heavy atom. The maximum absolute atomic E-state index is 11.2. The molecular weight excluding hydrogens is 184 g/mol. The van der Waals surface area contributed by atoms with E-state index in [1.807, 2.05) is 0 Å². The van der Waals surface area contributed by atoms with E-state index in [0.717, 1.165) is 0 Å². The topological polar surface area (TPSA) is 87.1 Å². The van der Waals surface area contributed by atoms with Gasteiger partial charge in [0.15, 0.2) is 0 Å². The average Bonchev–Trinajstić information content (AvgIpc) is 2.18. The number of carbonyl (C=O) groups excluding carboxylic acids is 1. The van der Waals surface area contributed by atoms with E-state index in [1.165, 1.54) is 7.11 Å². The fraction of sp³-hybridized carbons (Fsp3) is 0.625. The molecule has 0 radical (unpaired) electrons. The minimum Gasteiger partial charge on any atom is -0.468 e. The van der Waals surface area contributed by atoms with Gasteiger partial charge in [-0.25, -0.2) is 0 Å². The van der Waals surface area contributed by atoms with Crippen LogP contribution in [0.15, 0.2) is 5.11 Å². The van der Waals surface area contributed by atoms with Crippen LogP contribution in [0.5, 0.6) is 0 Å². The van der Waals surface area contributed by atoms with Crippen LogP contribution in [0.25, 0.3) is 10.4 Å². The number of hydrogen-bond acceptors (Lipinski definition) is 4. The van der Waals surface area contributed by atoms with Crippen LogP contribution in [0.2, 0.25) is 0 Å². The summed E-state index contributed by atoms with van der Waals surface area (Å²) in [4.78, 5) is 13.8. The van der Waals surface area contributed by atoms with Crippen LogP contribution >= 0.6 is 0 Å². The standard InChI is InChI=1S/C8H12N4O2/c1-4-5-10-7(8(13)14-3)6(2)11-12-9/h1,6-7,10H,5H2,2-3H3/t6-,7-/m0/s1. The molecule has 0 amide bonds. The minimum absolute atomic E-state index is 0.213. The summed E-state index contributed by atoms with van der Waals surface area (Å²) in [5, 5.41) is 6.12. The molecule has 0 spiro atoms. The first-order chi connectivity index (χ1) is 6.67. The molecule has 14 heavy (non-hydrogen) atoms. The summed E-state index contributed by atoms with van der Waals surface area (Å²) >= 11 is 0. The molecule has 0 aromatic heterocycles. The smallest absolute Gasteiger partial charge is 0.323 e. The fourth-order valence-corrected chi connectivity index (χ4v) is 0.895. The third kappa shape index (κ3) is 3.81. The van der Waals surface area contributed by atoms with Crippen LogP contribution in [0, 0.1) is 12.3 Å². The van der Waals surface area contributed by atoms with Crippen molar-refractivity contribution >= 4 is 5.97 Å². The molecule has 0 saturated carbocycles. The Bertz CT molecular complexity index is 278. The summed E-state index contributed by atoms with van der Waals surface area (Å²) in [7, 11) is 1.26. The maximum Gasteiger partial charge on any atom is 0.323 e. The Morgan fingerprint density at radius 2 is 2.50 bits per heavy atom. The van der Waals surface area contributed by atoms with Crippen molar-refractivity contribution in [2.24, 2.45) is 5.11 Å². The van der Waals surface area contributed by atoms with E-state index in [-0.39, 0.29) is 6.54 Å². The van der Waals surface area contributed by atoms with Gasteiger partial charge >= 0.3 is 5.97 Å². The van der Waals surface area contributed by atoms with Gasteiger partial charge in [-0.2, -0.15) is 0 Å². The van der Waals surface area contributed by atoms with Gasteiger partial charge in [-0.15, -0.1) is 6.42 Å². The first-order valence-corrected chi connectivity index (χ1v) is 3.96. The highest BCUT2D eigenvalue weighted by Crippen LogP contribution is 2.00. The second-order valence-electron chi connectivity index (χ2n) is 2.53. The molecule has 0 rings (SSSR count). The van der Waals surface area contributed by atoms with Crippen molar-refractivity contribution < 1.29 is 9.53 Å². The highest BCUT2D eigenvalue weighted by Gasteiger charge is 2.23. The maximum atomic E-state index is 11.2. The third-order valence-electron chi connectivity index (χ3n) is 1.60. The van der Waals surface area contributed by atoms with Gasteiger partial charge in [0.05, 0.1) is 19.7 Å². The van der Waals surface area contributed by atoms with Crippen LogP contribution in [0.1, 0.15) is 6.92 Å². The monoisotopic (exact) mass is 196 g/mol. The predicted octanol–water partition coefficient (Wildman–Crippen LogP) is 0.450. The van der Waals surface area contributed by atoms with Crippen LogP contribution in [0.4, 0.5) is 0 Å². The molecule has 0 saturated heterocycles. The van der Waals surface area contributed by atoms with Crippen LogP contribution in [0.3, 0.4) is 0 Å². The summed E-state index contributed by atoms with van der Waals surface area (Å²) in [5.41, 5.74) is 8.20. The Morgan fingerprint density at radius 1 is 1.86 bits per heavy atom. The van der Waals surface area contributed by atoms with Crippen molar-refractivity contribution in [1.82, 2.24) is 5.32 Å². The normalized spacial score (nSPS) is 13.2. The van der Waals surface area contributed by atoms with Gasteiger partial charge in [-0.1, -0.05) is 18.0 Å². The summed E-state index contributed by atoms with van der Waals surface area (Å²) < 4.78 is 4.52. The van der Waals surface area contributed by atoms with Crippen LogP contribution < -0.4 is 5.32 Å². The number of methoxy groups -OCH3 is 1. The molecule has 2 atom stereocenters. The number of terminal acetylenes is 1. The van der Waals surface area contributed by atoms with E-state index in [1.54, 1.807) is 6.92 Å². The summed E-state index contributed by atoms with van der Waals surface area (Å²) in [6.45, 7) is 1.82. The Kier molecular flexibility index (Phi) is 5.95. The zero-order chi connectivity index (χ0) is 11.0. The highest BCUT2D eigenvalue weighted by molar-refractivity contribution is 5.76. The SMILES string of the molecule is C#CCN[C@H](C(=O)OC)[C@H](C)N=[N+]=[N-]. The summed E-state index contributed by atoms with van der Waals surface area (Å²) in [5.74, 6) is 1.82. The van der Waals surface area contributed by atoms with Crippen molar-refractivity contribution in [3.63, 3.8) is 0 Å². The lowest BCUT2D eigenvalue weighted by molar-refractivity contribution is -0.143. The van der Waals surface area contributed by atoms with Crippen LogP contribution in [-0.4, -0.2) is 31.7 Å². The molecule has 0 heterocycles. The van der Waals surface area contributed by atoms with E-state index in [0.29, 0.717) is 0 Å². The van der Waals surface area contributed by atoms with Gasteiger partial charge in [0.1, 0.15) is 6.04 Å². The average molecular weight is 196 g/mol. The van der Waals surface area contributed by atoms with E-state index in [2.05, 4.69) is 26.0 Å². The van der Waals surface area contributed by atoms with Gasteiger partial charge in [0, 0.05) is 4.91 Å². The third-order valence-corrected chi connectivity index (χ3v) is 1.60. The molecule has 0 aliphatic rings. The largest absolute Gasteiger partial charge is 0.468 e. The predicted molar refractivity (Wildman–Crippen MR) is 51.2 cm³/mol. The number of hydrogen-bond donors (Lipinski definition) is 1. The molecule has 0 fully saturated rings. The lowest BCUT2D eigenvalue weighted by atomic mass is 10.1. The van der Waals surface area contributed by atoms with Gasteiger partial charge in [-0.3, -0.25) is 10.1 Å². The molecule has 0 aromatic rings. The lowest BCUT2D eigenvalue weighted by Crippen LogP contribution is -2.44. The number of carbonyl (C=O) groups is 1. The quantitative estimate of drug-likeness (QED) is 0.228. The van der Waals surface area contributed by atoms with Gasteiger partial charge in [0.25, 0.3) is 0 Å². The van der Waals surface area contributed by atoms with E-state index >= 15 is 0 Å². The highest BCUT2D eigenvalue weighted by atomic mass is 16.5. The zero-order valence-electron chi connectivity index (χ0n) is 8.10. The molecule has 0 aliphatic carbocycles. The second kappa shape index (κ2) is 6.78. The molecule has 1 N–H and O–H groups in total. The van der Waals surface area contributed by atoms with Gasteiger partial charge < -0.3 is 4.74 Å². The van der Waals surface area contributed by atoms with Gasteiger partial charge in [-0.05, 0) is 5.53 Å².